The highest BCUT2D eigenvalue weighted by Gasteiger charge is 2.21. The molecule has 0 unspecified atom stereocenters. The highest BCUT2D eigenvalue weighted by Crippen LogP contribution is 2.42. The molecular weight excluding hydrogens is 733 g/mol. The first-order valence-electron chi connectivity index (χ1n) is 20.2. The Labute approximate surface area is 345 Å². The van der Waals surface area contributed by atoms with Crippen LogP contribution in [0.25, 0.3) is 117 Å². The number of fused-ring (bicyclic) bond motifs is 7. The minimum Gasteiger partial charge on any atom is -0.455 e. The van der Waals surface area contributed by atoms with E-state index in [1.165, 1.54) is 32.7 Å². The summed E-state index contributed by atoms with van der Waals surface area (Å²) in [5, 5.41) is 6.84. The van der Waals surface area contributed by atoms with Gasteiger partial charge >= 0.3 is 0 Å². The average molecular weight is 767 g/mol. The number of para-hydroxylation sites is 1. The van der Waals surface area contributed by atoms with Crippen molar-refractivity contribution in [2.75, 3.05) is 0 Å². The van der Waals surface area contributed by atoms with Gasteiger partial charge in [0.15, 0.2) is 17.5 Å². The molecular formula is C55H34N4O. The predicted octanol–water partition coefficient (Wildman–Crippen LogP) is 14.4. The van der Waals surface area contributed by atoms with Gasteiger partial charge in [-0.2, -0.15) is 0 Å². The molecule has 0 amide bonds. The molecule has 0 saturated carbocycles. The lowest BCUT2D eigenvalue weighted by atomic mass is 9.98. The Balaban J connectivity index is 1.10. The van der Waals surface area contributed by atoms with E-state index in [1.54, 1.807) is 0 Å². The van der Waals surface area contributed by atoms with Crippen LogP contribution in [0.3, 0.4) is 0 Å². The van der Waals surface area contributed by atoms with E-state index in [0.29, 0.717) is 17.5 Å². The Bertz CT molecular complexity index is 3530. The normalized spacial score (nSPS) is 11.7. The van der Waals surface area contributed by atoms with Crippen molar-refractivity contribution >= 4 is 54.5 Å². The first-order chi connectivity index (χ1) is 29.7. The first kappa shape index (κ1) is 33.9. The zero-order chi connectivity index (χ0) is 39.6. The second-order valence-electron chi connectivity index (χ2n) is 15.2. The smallest absolute Gasteiger partial charge is 0.164 e. The molecule has 280 valence electrons. The summed E-state index contributed by atoms with van der Waals surface area (Å²) < 4.78 is 9.40. The third-order valence-electron chi connectivity index (χ3n) is 11.6. The Morgan fingerprint density at radius 1 is 0.333 bits per heavy atom. The Hall–Kier alpha value is -8.15. The lowest BCUT2D eigenvalue weighted by molar-refractivity contribution is 0.670. The maximum absolute atomic E-state index is 6.99. The number of benzene rings is 9. The van der Waals surface area contributed by atoms with Gasteiger partial charge in [-0.15, -0.1) is 0 Å². The fraction of sp³-hybridized carbons (Fsp3) is 0. The van der Waals surface area contributed by atoms with Gasteiger partial charge in [-0.05, 0) is 69.9 Å². The lowest BCUT2D eigenvalue weighted by Gasteiger charge is -2.13. The molecule has 12 rings (SSSR count). The van der Waals surface area contributed by atoms with E-state index in [-0.39, 0.29) is 0 Å². The van der Waals surface area contributed by atoms with E-state index in [1.807, 2.05) is 60.7 Å². The molecule has 12 aromatic rings. The molecule has 5 heteroatoms. The molecule has 3 heterocycles. The minimum absolute atomic E-state index is 0.583. The number of hydrogen-bond donors (Lipinski definition) is 0. The van der Waals surface area contributed by atoms with Gasteiger partial charge in [0.05, 0.1) is 11.0 Å². The van der Waals surface area contributed by atoms with Crippen molar-refractivity contribution in [3.8, 4) is 62.1 Å². The molecule has 0 spiro atoms. The fourth-order valence-corrected chi connectivity index (χ4v) is 8.70. The van der Waals surface area contributed by atoms with Crippen LogP contribution in [-0.4, -0.2) is 19.5 Å². The average Bonchev–Trinajstić information content (AvgIpc) is 3.86. The third kappa shape index (κ3) is 5.67. The van der Waals surface area contributed by atoms with Gasteiger partial charge in [-0.1, -0.05) is 164 Å². The van der Waals surface area contributed by atoms with Gasteiger partial charge < -0.3 is 8.98 Å². The summed E-state index contributed by atoms with van der Waals surface area (Å²) in [4.78, 5) is 15.0. The number of hydrogen-bond acceptors (Lipinski definition) is 4. The van der Waals surface area contributed by atoms with E-state index in [9.17, 15) is 0 Å². The quantitative estimate of drug-likeness (QED) is 0.169. The summed E-state index contributed by atoms with van der Waals surface area (Å²) in [6.45, 7) is 0. The fourth-order valence-electron chi connectivity index (χ4n) is 8.70. The van der Waals surface area contributed by atoms with Crippen LogP contribution < -0.4 is 0 Å². The van der Waals surface area contributed by atoms with Crippen molar-refractivity contribution in [1.29, 1.82) is 0 Å². The van der Waals surface area contributed by atoms with Gasteiger partial charge in [-0.25, -0.2) is 15.0 Å². The molecule has 0 aliphatic heterocycles. The molecule has 9 aromatic carbocycles. The van der Waals surface area contributed by atoms with Gasteiger partial charge in [-0.3, -0.25) is 0 Å². The summed E-state index contributed by atoms with van der Waals surface area (Å²) in [5.41, 5.74) is 12.1. The standard InChI is InChI=1S/C55H34N4O/c1-4-14-35(15-5-1)40-26-28-45-44-22-12-13-23-49(44)59(50(45)31-40)43-33-47(41-25-24-36-16-10-11-21-39(36)30-41)52-48(34-43)46-29-27-42(32-51(46)60-52)55-57-53(37-17-6-2-7-18-37)56-54(58-55)38-19-8-3-9-20-38/h1-34H. The summed E-state index contributed by atoms with van der Waals surface area (Å²) in [6, 6.07) is 72.4. The second-order valence-corrected chi connectivity index (χ2v) is 15.2. The third-order valence-corrected chi connectivity index (χ3v) is 11.6. The maximum atomic E-state index is 6.99. The van der Waals surface area contributed by atoms with Crippen LogP contribution in [-0.2, 0) is 0 Å². The Morgan fingerprint density at radius 3 is 1.63 bits per heavy atom. The minimum atomic E-state index is 0.583. The SMILES string of the molecule is c1ccc(-c2ccc3c4ccccc4n(-c4cc(-c5ccc6ccccc6c5)c5oc6cc(-c7nc(-c8ccccc8)nc(-c8ccccc8)n7)ccc6c5c4)c3c2)cc1. The summed E-state index contributed by atoms with van der Waals surface area (Å²) in [7, 11) is 0. The van der Waals surface area contributed by atoms with Crippen LogP contribution in [0, 0.1) is 0 Å². The van der Waals surface area contributed by atoms with Crippen molar-refractivity contribution in [1.82, 2.24) is 19.5 Å². The zero-order valence-electron chi connectivity index (χ0n) is 32.3. The highest BCUT2D eigenvalue weighted by atomic mass is 16.3. The molecule has 3 aromatic heterocycles. The van der Waals surface area contributed by atoms with E-state index < -0.39 is 0 Å². The summed E-state index contributed by atoms with van der Waals surface area (Å²) in [5.74, 6) is 1.82. The molecule has 0 N–H and O–H groups in total. The largest absolute Gasteiger partial charge is 0.455 e. The Kier molecular flexibility index (Phi) is 7.78. The molecule has 5 nitrogen and oxygen atoms in total. The van der Waals surface area contributed by atoms with Gasteiger partial charge in [0.2, 0.25) is 0 Å². The lowest BCUT2D eigenvalue weighted by Crippen LogP contribution is -2.00. The van der Waals surface area contributed by atoms with Crippen LogP contribution in [0.4, 0.5) is 0 Å². The molecule has 0 radical (unpaired) electrons. The van der Waals surface area contributed by atoms with Crippen molar-refractivity contribution in [2.24, 2.45) is 0 Å². The van der Waals surface area contributed by atoms with Crippen LogP contribution in [0.2, 0.25) is 0 Å². The first-order valence-corrected chi connectivity index (χ1v) is 20.2. The number of nitrogens with zero attached hydrogens (tertiary/aromatic N) is 4. The molecule has 0 saturated heterocycles. The monoisotopic (exact) mass is 766 g/mol. The zero-order valence-corrected chi connectivity index (χ0v) is 32.3. The topological polar surface area (TPSA) is 56.7 Å². The van der Waals surface area contributed by atoms with Gasteiger partial charge in [0, 0.05) is 49.5 Å². The van der Waals surface area contributed by atoms with E-state index in [2.05, 4.69) is 150 Å². The van der Waals surface area contributed by atoms with Crippen molar-refractivity contribution in [2.45, 2.75) is 0 Å². The molecule has 0 atom stereocenters. The molecule has 0 aliphatic rings. The second kappa shape index (κ2) is 13.8. The number of furan rings is 1. The molecule has 0 fully saturated rings. The van der Waals surface area contributed by atoms with Gasteiger partial charge in [0.25, 0.3) is 0 Å². The Morgan fingerprint density at radius 2 is 0.900 bits per heavy atom. The molecule has 0 bridgehead atoms. The maximum Gasteiger partial charge on any atom is 0.164 e. The number of rotatable bonds is 6. The van der Waals surface area contributed by atoms with Crippen molar-refractivity contribution in [3.05, 3.63) is 206 Å². The molecule has 60 heavy (non-hydrogen) atoms. The highest BCUT2D eigenvalue weighted by molar-refractivity contribution is 6.14. The van der Waals surface area contributed by atoms with Crippen LogP contribution in [0.5, 0.6) is 0 Å². The molecule has 0 aliphatic carbocycles. The van der Waals surface area contributed by atoms with Crippen molar-refractivity contribution in [3.63, 3.8) is 0 Å². The summed E-state index contributed by atoms with van der Waals surface area (Å²) in [6.07, 6.45) is 0. The van der Waals surface area contributed by atoms with E-state index in [4.69, 9.17) is 19.4 Å². The van der Waals surface area contributed by atoms with Crippen molar-refractivity contribution < 1.29 is 4.42 Å². The van der Waals surface area contributed by atoms with Crippen LogP contribution >= 0.6 is 0 Å². The predicted molar refractivity (Wildman–Crippen MR) is 246 cm³/mol. The van der Waals surface area contributed by atoms with Crippen LogP contribution in [0.15, 0.2) is 211 Å². The van der Waals surface area contributed by atoms with E-state index in [0.717, 1.165) is 66.5 Å². The van der Waals surface area contributed by atoms with Crippen LogP contribution in [0.1, 0.15) is 0 Å². The summed E-state index contributed by atoms with van der Waals surface area (Å²) >= 11 is 0. The van der Waals surface area contributed by atoms with E-state index >= 15 is 0 Å². The number of aromatic nitrogens is 4. The van der Waals surface area contributed by atoms with Gasteiger partial charge in [0.1, 0.15) is 11.2 Å².